The maximum absolute atomic E-state index is 9.13. The SMILES string of the molecule is CC(Nc1cc(Cl)ccc1C#N)C1CCCN(C)C1. The van der Waals surface area contributed by atoms with Crippen molar-refractivity contribution in [3.05, 3.63) is 28.8 Å². The Morgan fingerprint density at radius 2 is 2.32 bits per heavy atom. The highest BCUT2D eigenvalue weighted by molar-refractivity contribution is 6.30. The molecule has 1 heterocycles. The second-order valence-electron chi connectivity index (χ2n) is 5.40. The number of likely N-dealkylation sites (tertiary alicyclic amines) is 1. The number of benzene rings is 1. The van der Waals surface area contributed by atoms with Gasteiger partial charge in [-0.2, -0.15) is 5.26 Å². The summed E-state index contributed by atoms with van der Waals surface area (Å²) in [5.74, 6) is 0.615. The van der Waals surface area contributed by atoms with Crippen LogP contribution in [-0.2, 0) is 0 Å². The normalized spacial score (nSPS) is 21.7. The van der Waals surface area contributed by atoms with Crippen molar-refractivity contribution in [3.63, 3.8) is 0 Å². The molecular formula is C15H20ClN3. The van der Waals surface area contributed by atoms with Gasteiger partial charge in [-0.3, -0.25) is 0 Å². The van der Waals surface area contributed by atoms with Gasteiger partial charge in [0.15, 0.2) is 0 Å². The molecule has 1 saturated heterocycles. The molecular weight excluding hydrogens is 258 g/mol. The van der Waals surface area contributed by atoms with Crippen molar-refractivity contribution in [1.82, 2.24) is 4.90 Å². The molecule has 1 aromatic rings. The lowest BCUT2D eigenvalue weighted by Crippen LogP contribution is -2.39. The molecule has 0 saturated carbocycles. The topological polar surface area (TPSA) is 39.1 Å². The Morgan fingerprint density at radius 1 is 1.53 bits per heavy atom. The van der Waals surface area contributed by atoms with Crippen LogP contribution >= 0.6 is 11.6 Å². The maximum atomic E-state index is 9.13. The molecule has 0 amide bonds. The Hall–Kier alpha value is -1.24. The van der Waals surface area contributed by atoms with E-state index in [1.54, 1.807) is 12.1 Å². The molecule has 0 aliphatic carbocycles. The first-order chi connectivity index (χ1) is 9.10. The molecule has 1 N–H and O–H groups in total. The number of nitriles is 1. The van der Waals surface area contributed by atoms with Crippen LogP contribution in [0, 0.1) is 17.2 Å². The van der Waals surface area contributed by atoms with Gasteiger partial charge in [-0.25, -0.2) is 0 Å². The van der Waals surface area contributed by atoms with Crippen molar-refractivity contribution in [2.24, 2.45) is 5.92 Å². The molecule has 0 bridgehead atoms. The summed E-state index contributed by atoms with van der Waals surface area (Å²) in [5, 5.41) is 13.3. The van der Waals surface area contributed by atoms with Crippen LogP contribution in [-0.4, -0.2) is 31.1 Å². The Kier molecular flexibility index (Phi) is 4.68. The summed E-state index contributed by atoms with van der Waals surface area (Å²) >= 11 is 6.01. The standard InChI is InChI=1S/C15H20ClN3/c1-11(13-4-3-7-19(2)10-13)18-15-8-14(16)6-5-12(15)9-17/h5-6,8,11,13,18H,3-4,7,10H2,1-2H3. The highest BCUT2D eigenvalue weighted by atomic mass is 35.5. The molecule has 1 fully saturated rings. The Labute approximate surface area is 120 Å². The van der Waals surface area contributed by atoms with E-state index in [0.29, 0.717) is 22.5 Å². The quantitative estimate of drug-likeness (QED) is 0.921. The minimum Gasteiger partial charge on any atom is -0.381 e. The third kappa shape index (κ3) is 3.62. The monoisotopic (exact) mass is 277 g/mol. The van der Waals surface area contributed by atoms with Crippen LogP contribution in [0.25, 0.3) is 0 Å². The van der Waals surface area contributed by atoms with Gasteiger partial charge in [0.05, 0.1) is 11.3 Å². The minimum atomic E-state index is 0.341. The van der Waals surface area contributed by atoms with Crippen molar-refractivity contribution in [2.45, 2.75) is 25.8 Å². The van der Waals surface area contributed by atoms with Crippen LogP contribution in [0.15, 0.2) is 18.2 Å². The number of nitrogens with one attached hydrogen (secondary N) is 1. The smallest absolute Gasteiger partial charge is 0.101 e. The van der Waals surface area contributed by atoms with E-state index in [9.17, 15) is 0 Å². The number of piperidine rings is 1. The predicted octanol–water partition coefficient (Wildman–Crippen LogP) is 3.35. The lowest BCUT2D eigenvalue weighted by Gasteiger charge is -2.34. The van der Waals surface area contributed by atoms with Crippen LogP contribution in [0.4, 0.5) is 5.69 Å². The molecule has 0 spiro atoms. The summed E-state index contributed by atoms with van der Waals surface area (Å²) in [5.41, 5.74) is 1.50. The first-order valence-corrected chi connectivity index (χ1v) is 7.12. The summed E-state index contributed by atoms with van der Waals surface area (Å²) in [6.07, 6.45) is 2.48. The molecule has 0 radical (unpaired) electrons. The Balaban J connectivity index is 2.08. The fourth-order valence-electron chi connectivity index (χ4n) is 2.71. The second kappa shape index (κ2) is 6.27. The van der Waals surface area contributed by atoms with Gasteiger partial charge in [-0.15, -0.1) is 0 Å². The number of nitrogens with zero attached hydrogens (tertiary/aromatic N) is 2. The van der Waals surface area contributed by atoms with E-state index >= 15 is 0 Å². The van der Waals surface area contributed by atoms with Crippen molar-refractivity contribution < 1.29 is 0 Å². The maximum Gasteiger partial charge on any atom is 0.101 e. The average molecular weight is 278 g/mol. The van der Waals surface area contributed by atoms with Crippen molar-refractivity contribution in [2.75, 3.05) is 25.5 Å². The van der Waals surface area contributed by atoms with Gasteiger partial charge >= 0.3 is 0 Å². The van der Waals surface area contributed by atoms with E-state index in [4.69, 9.17) is 16.9 Å². The van der Waals surface area contributed by atoms with E-state index in [1.807, 2.05) is 6.07 Å². The third-order valence-corrected chi connectivity index (χ3v) is 4.09. The van der Waals surface area contributed by atoms with E-state index in [1.165, 1.54) is 19.4 Å². The van der Waals surface area contributed by atoms with Gasteiger partial charge in [0, 0.05) is 17.6 Å². The molecule has 2 rings (SSSR count). The second-order valence-corrected chi connectivity index (χ2v) is 5.84. The molecule has 102 valence electrons. The summed E-state index contributed by atoms with van der Waals surface area (Å²) in [4.78, 5) is 2.37. The van der Waals surface area contributed by atoms with Crippen molar-refractivity contribution >= 4 is 17.3 Å². The molecule has 1 aliphatic heterocycles. The Morgan fingerprint density at radius 3 is 3.00 bits per heavy atom. The average Bonchev–Trinajstić information content (AvgIpc) is 2.39. The van der Waals surface area contributed by atoms with Gasteiger partial charge in [0.25, 0.3) is 0 Å². The summed E-state index contributed by atoms with van der Waals surface area (Å²) in [6, 6.07) is 7.91. The summed E-state index contributed by atoms with van der Waals surface area (Å²) in [7, 11) is 2.17. The molecule has 19 heavy (non-hydrogen) atoms. The summed E-state index contributed by atoms with van der Waals surface area (Å²) < 4.78 is 0. The molecule has 1 aromatic carbocycles. The number of anilines is 1. The van der Waals surface area contributed by atoms with Crippen molar-refractivity contribution in [3.8, 4) is 6.07 Å². The van der Waals surface area contributed by atoms with E-state index in [-0.39, 0.29) is 0 Å². The van der Waals surface area contributed by atoms with Crippen LogP contribution in [0.1, 0.15) is 25.3 Å². The largest absolute Gasteiger partial charge is 0.381 e. The van der Waals surface area contributed by atoms with E-state index in [0.717, 1.165) is 12.2 Å². The number of rotatable bonds is 3. The van der Waals surface area contributed by atoms with Gasteiger partial charge in [-0.05, 0) is 57.5 Å². The van der Waals surface area contributed by atoms with E-state index < -0.39 is 0 Å². The fraction of sp³-hybridized carbons (Fsp3) is 0.533. The minimum absolute atomic E-state index is 0.341. The van der Waals surface area contributed by atoms with Gasteiger partial charge < -0.3 is 10.2 Å². The molecule has 0 aromatic heterocycles. The van der Waals surface area contributed by atoms with Gasteiger partial charge in [0.2, 0.25) is 0 Å². The molecule has 2 unspecified atom stereocenters. The molecule has 2 atom stereocenters. The highest BCUT2D eigenvalue weighted by Gasteiger charge is 2.23. The third-order valence-electron chi connectivity index (χ3n) is 3.85. The zero-order valence-corrected chi connectivity index (χ0v) is 12.2. The first kappa shape index (κ1) is 14.2. The van der Waals surface area contributed by atoms with Crippen LogP contribution < -0.4 is 5.32 Å². The zero-order valence-electron chi connectivity index (χ0n) is 11.5. The molecule has 4 heteroatoms. The number of hydrogen-bond acceptors (Lipinski definition) is 3. The molecule has 1 aliphatic rings. The predicted molar refractivity (Wildman–Crippen MR) is 79.5 cm³/mol. The highest BCUT2D eigenvalue weighted by Crippen LogP contribution is 2.25. The molecule has 3 nitrogen and oxygen atoms in total. The van der Waals surface area contributed by atoms with Crippen LogP contribution in [0.5, 0.6) is 0 Å². The van der Waals surface area contributed by atoms with Gasteiger partial charge in [-0.1, -0.05) is 11.6 Å². The fourth-order valence-corrected chi connectivity index (χ4v) is 2.88. The van der Waals surface area contributed by atoms with E-state index in [2.05, 4.69) is 30.3 Å². The Bertz CT molecular complexity index is 481. The lowest BCUT2D eigenvalue weighted by atomic mass is 9.91. The van der Waals surface area contributed by atoms with Crippen molar-refractivity contribution in [1.29, 1.82) is 5.26 Å². The van der Waals surface area contributed by atoms with Crippen LogP contribution in [0.2, 0.25) is 5.02 Å². The number of halogens is 1. The van der Waals surface area contributed by atoms with Gasteiger partial charge in [0.1, 0.15) is 6.07 Å². The zero-order chi connectivity index (χ0) is 13.8. The first-order valence-electron chi connectivity index (χ1n) is 6.75. The lowest BCUT2D eigenvalue weighted by molar-refractivity contribution is 0.197. The number of hydrogen-bond donors (Lipinski definition) is 1. The summed E-state index contributed by atoms with van der Waals surface area (Å²) in [6.45, 7) is 4.48. The van der Waals surface area contributed by atoms with Crippen LogP contribution in [0.3, 0.4) is 0 Å².